The molecule has 0 radical (unpaired) electrons. The number of fused-ring (bicyclic) bond motifs is 1. The number of carboxylic acid groups (broad SMARTS) is 1. The van der Waals surface area contributed by atoms with Crippen LogP contribution in [-0.2, 0) is 9.59 Å². The third kappa shape index (κ3) is 2.55. The number of aromatic nitrogens is 1. The van der Waals surface area contributed by atoms with E-state index in [1.807, 2.05) is 13.8 Å². The molecule has 1 fully saturated rings. The second kappa shape index (κ2) is 5.88. The van der Waals surface area contributed by atoms with Gasteiger partial charge in [0.25, 0.3) is 0 Å². The Morgan fingerprint density at radius 2 is 2.27 bits per heavy atom. The predicted molar refractivity (Wildman–Crippen MR) is 88.0 cm³/mol. The topological polar surface area (TPSA) is 96.5 Å². The molecule has 118 valence electrons. The molecule has 1 aromatic heterocycles. The van der Waals surface area contributed by atoms with Crippen LogP contribution >= 0.6 is 34.9 Å². The standard InChI is InChI=1S/C13H15N3O3S3/c1-5-13(22-6(2)15-5)21-4-7-3-20-11-8(14)10(17)16(11)9(7)12(18)19/h8,11H,3-4,14H2,1-2H3,(H,18,19)/t8?,11-/m1/s1. The van der Waals surface area contributed by atoms with Gasteiger partial charge in [0.05, 0.1) is 14.9 Å². The van der Waals surface area contributed by atoms with E-state index in [4.69, 9.17) is 5.73 Å². The molecule has 3 N–H and O–H groups in total. The summed E-state index contributed by atoms with van der Waals surface area (Å²) in [5.41, 5.74) is 7.58. The van der Waals surface area contributed by atoms with Crippen LogP contribution in [0.5, 0.6) is 0 Å². The van der Waals surface area contributed by atoms with E-state index in [2.05, 4.69) is 4.98 Å². The zero-order valence-electron chi connectivity index (χ0n) is 12.0. The van der Waals surface area contributed by atoms with E-state index in [1.54, 1.807) is 23.1 Å². The molecule has 2 aliphatic heterocycles. The quantitative estimate of drug-likeness (QED) is 0.621. The summed E-state index contributed by atoms with van der Waals surface area (Å²) in [5.74, 6) is -0.225. The fraction of sp³-hybridized carbons (Fsp3) is 0.462. The van der Waals surface area contributed by atoms with E-state index < -0.39 is 12.0 Å². The molecule has 0 spiro atoms. The average Bonchev–Trinajstić information content (AvgIpc) is 2.80. The van der Waals surface area contributed by atoms with Gasteiger partial charge in [0.15, 0.2) is 0 Å². The van der Waals surface area contributed by atoms with Gasteiger partial charge in [-0.25, -0.2) is 9.78 Å². The average molecular weight is 357 g/mol. The normalized spacial score (nSPS) is 24.3. The van der Waals surface area contributed by atoms with Gasteiger partial charge >= 0.3 is 5.97 Å². The Hall–Kier alpha value is -1.03. The maximum atomic E-state index is 11.9. The largest absolute Gasteiger partial charge is 0.477 e. The molecule has 0 aromatic carbocycles. The minimum absolute atomic E-state index is 0.113. The van der Waals surface area contributed by atoms with Crippen molar-refractivity contribution >= 4 is 46.7 Å². The molecule has 2 atom stereocenters. The maximum absolute atomic E-state index is 11.9. The Bertz CT molecular complexity index is 685. The van der Waals surface area contributed by atoms with Crippen LogP contribution in [0.25, 0.3) is 0 Å². The molecule has 3 rings (SSSR count). The molecular formula is C13H15N3O3S3. The first-order chi connectivity index (χ1) is 10.4. The molecule has 0 saturated carbocycles. The SMILES string of the molecule is Cc1nc(C)c(SCC2=C(C(=O)O)N3C(=O)C(N)[C@H]3SC2)s1. The van der Waals surface area contributed by atoms with Crippen LogP contribution < -0.4 is 5.73 Å². The van der Waals surface area contributed by atoms with E-state index in [0.29, 0.717) is 11.5 Å². The Labute approximate surface area is 140 Å². The van der Waals surface area contributed by atoms with E-state index in [1.165, 1.54) is 16.7 Å². The number of carboxylic acids is 1. The highest BCUT2D eigenvalue weighted by Gasteiger charge is 2.51. The lowest BCUT2D eigenvalue weighted by molar-refractivity contribution is -0.147. The lowest BCUT2D eigenvalue weighted by Gasteiger charge is -2.48. The van der Waals surface area contributed by atoms with E-state index in [-0.39, 0.29) is 17.0 Å². The molecular weight excluding hydrogens is 342 g/mol. The summed E-state index contributed by atoms with van der Waals surface area (Å²) in [7, 11) is 0. The van der Waals surface area contributed by atoms with Crippen LogP contribution in [0, 0.1) is 13.8 Å². The summed E-state index contributed by atoms with van der Waals surface area (Å²) in [6.07, 6.45) is 0. The minimum Gasteiger partial charge on any atom is -0.477 e. The number of β-lactam (4-membered cyclic amide) rings is 1. The van der Waals surface area contributed by atoms with Gasteiger partial charge < -0.3 is 10.8 Å². The Kier molecular flexibility index (Phi) is 4.23. The summed E-state index contributed by atoms with van der Waals surface area (Å²) in [5, 5.41) is 10.2. The van der Waals surface area contributed by atoms with Crippen molar-refractivity contribution in [3.8, 4) is 0 Å². The van der Waals surface area contributed by atoms with Gasteiger partial charge in [-0.3, -0.25) is 9.69 Å². The number of carbonyl (C=O) groups excluding carboxylic acids is 1. The van der Waals surface area contributed by atoms with Crippen LogP contribution in [0.4, 0.5) is 0 Å². The molecule has 1 aromatic rings. The molecule has 6 nitrogen and oxygen atoms in total. The fourth-order valence-electron chi connectivity index (χ4n) is 2.49. The number of carbonyl (C=O) groups is 2. The highest BCUT2D eigenvalue weighted by atomic mass is 32.2. The van der Waals surface area contributed by atoms with Gasteiger partial charge in [0, 0.05) is 11.5 Å². The van der Waals surface area contributed by atoms with Gasteiger partial charge in [-0.15, -0.1) is 34.9 Å². The van der Waals surface area contributed by atoms with Crippen molar-refractivity contribution in [1.29, 1.82) is 0 Å². The number of amides is 1. The van der Waals surface area contributed by atoms with Crippen molar-refractivity contribution in [3.63, 3.8) is 0 Å². The molecule has 9 heteroatoms. The van der Waals surface area contributed by atoms with Crippen molar-refractivity contribution in [2.45, 2.75) is 29.5 Å². The Morgan fingerprint density at radius 1 is 1.55 bits per heavy atom. The lowest BCUT2D eigenvalue weighted by Crippen LogP contribution is -2.68. The number of thioether (sulfide) groups is 2. The summed E-state index contributed by atoms with van der Waals surface area (Å²) >= 11 is 4.71. The van der Waals surface area contributed by atoms with E-state index in [0.717, 1.165) is 20.5 Å². The third-order valence-corrected chi connectivity index (χ3v) is 7.41. The Morgan fingerprint density at radius 3 is 2.86 bits per heavy atom. The van der Waals surface area contributed by atoms with Crippen LogP contribution in [0.1, 0.15) is 10.7 Å². The molecule has 22 heavy (non-hydrogen) atoms. The maximum Gasteiger partial charge on any atom is 0.352 e. The van der Waals surface area contributed by atoms with Crippen molar-refractivity contribution < 1.29 is 14.7 Å². The second-order valence-electron chi connectivity index (χ2n) is 5.09. The van der Waals surface area contributed by atoms with Gasteiger partial charge in [-0.2, -0.15) is 0 Å². The zero-order valence-corrected chi connectivity index (χ0v) is 14.5. The molecule has 3 heterocycles. The van der Waals surface area contributed by atoms with E-state index in [9.17, 15) is 14.7 Å². The zero-order chi connectivity index (χ0) is 16.0. The van der Waals surface area contributed by atoms with Gasteiger partial charge in [0.2, 0.25) is 5.91 Å². The number of aryl methyl sites for hydroxylation is 2. The first-order valence-electron chi connectivity index (χ1n) is 6.62. The van der Waals surface area contributed by atoms with Crippen LogP contribution in [0.3, 0.4) is 0 Å². The van der Waals surface area contributed by atoms with Gasteiger partial charge in [-0.1, -0.05) is 0 Å². The molecule has 2 aliphatic rings. The summed E-state index contributed by atoms with van der Waals surface area (Å²) in [4.78, 5) is 29.1. The van der Waals surface area contributed by atoms with Crippen LogP contribution in [0.2, 0.25) is 0 Å². The van der Waals surface area contributed by atoms with Crippen LogP contribution in [-0.4, -0.2) is 49.8 Å². The number of rotatable bonds is 4. The van der Waals surface area contributed by atoms with Crippen molar-refractivity contribution in [2.75, 3.05) is 11.5 Å². The second-order valence-corrected chi connectivity index (χ2v) is 8.64. The molecule has 0 aliphatic carbocycles. The monoisotopic (exact) mass is 357 g/mol. The summed E-state index contributed by atoms with van der Waals surface area (Å²) in [6.45, 7) is 3.90. The lowest BCUT2D eigenvalue weighted by atomic mass is 10.0. The smallest absolute Gasteiger partial charge is 0.352 e. The van der Waals surface area contributed by atoms with Gasteiger partial charge in [0.1, 0.15) is 17.1 Å². The third-order valence-electron chi connectivity index (χ3n) is 3.53. The first-order valence-corrected chi connectivity index (χ1v) is 9.47. The van der Waals surface area contributed by atoms with Gasteiger partial charge in [-0.05, 0) is 19.4 Å². The number of thiazole rings is 1. The fourth-order valence-corrected chi connectivity index (χ4v) is 6.13. The Balaban J connectivity index is 1.83. The molecule has 1 amide bonds. The van der Waals surface area contributed by atoms with Crippen molar-refractivity contribution in [1.82, 2.24) is 9.88 Å². The summed E-state index contributed by atoms with van der Waals surface area (Å²) in [6, 6.07) is -0.583. The van der Waals surface area contributed by atoms with E-state index >= 15 is 0 Å². The number of hydrogen-bond acceptors (Lipinski definition) is 7. The number of nitrogens with zero attached hydrogens (tertiary/aromatic N) is 2. The number of aliphatic carboxylic acids is 1. The number of nitrogens with two attached hydrogens (primary N) is 1. The molecule has 1 unspecified atom stereocenters. The minimum atomic E-state index is -1.06. The highest BCUT2D eigenvalue weighted by molar-refractivity contribution is 8.02. The predicted octanol–water partition coefficient (Wildman–Crippen LogP) is 1.43. The molecule has 0 bridgehead atoms. The summed E-state index contributed by atoms with van der Waals surface area (Å²) < 4.78 is 1.09. The van der Waals surface area contributed by atoms with Crippen molar-refractivity contribution in [3.05, 3.63) is 22.0 Å². The number of hydrogen-bond donors (Lipinski definition) is 2. The first kappa shape index (κ1) is 15.9. The molecule has 1 saturated heterocycles. The van der Waals surface area contributed by atoms with Crippen LogP contribution in [0.15, 0.2) is 15.5 Å². The highest BCUT2D eigenvalue weighted by Crippen LogP contribution is 2.41. The van der Waals surface area contributed by atoms with Crippen molar-refractivity contribution in [2.24, 2.45) is 5.73 Å².